The average Bonchev–Trinajstić information content (AvgIpc) is 2.65. The molecule has 0 spiro atoms. The summed E-state index contributed by atoms with van der Waals surface area (Å²) in [5.41, 5.74) is 0.564. The van der Waals surface area contributed by atoms with Gasteiger partial charge in [-0.1, -0.05) is 0 Å². The Balaban J connectivity index is 2.88. The molecule has 5 heteroatoms. The first-order chi connectivity index (χ1) is 13.3. The Labute approximate surface area is 177 Å². The van der Waals surface area contributed by atoms with E-state index in [-0.39, 0.29) is 6.09 Å². The molecule has 0 radical (unpaired) electrons. The van der Waals surface area contributed by atoms with Gasteiger partial charge in [0.1, 0.15) is 0 Å². The summed E-state index contributed by atoms with van der Waals surface area (Å²) >= 11 is -2.45. The molecule has 0 atom stereocenters. The average molecular weight is 497 g/mol. The van der Waals surface area contributed by atoms with Gasteiger partial charge in [-0.05, 0) is 0 Å². The number of hydrogen-bond acceptors (Lipinski definition) is 3. The van der Waals surface area contributed by atoms with Gasteiger partial charge < -0.3 is 0 Å². The van der Waals surface area contributed by atoms with Crippen LogP contribution in [0.5, 0.6) is 0 Å². The van der Waals surface area contributed by atoms with Crippen LogP contribution in [-0.4, -0.2) is 35.1 Å². The van der Waals surface area contributed by atoms with Gasteiger partial charge in [-0.2, -0.15) is 0 Å². The molecule has 0 saturated carbocycles. The van der Waals surface area contributed by atoms with Gasteiger partial charge in [0.15, 0.2) is 0 Å². The molecule has 0 aliphatic rings. The normalized spacial score (nSPS) is 12.1. The number of alkyl carbamates (subject to hydrolysis) is 1. The van der Waals surface area contributed by atoms with Crippen LogP contribution in [0.4, 0.5) is 4.79 Å². The number of rotatable bonds is 12. The number of carbonyl (C=O) groups is 1. The van der Waals surface area contributed by atoms with Gasteiger partial charge in [0.25, 0.3) is 0 Å². The zero-order valence-corrected chi connectivity index (χ0v) is 21.9. The van der Waals surface area contributed by atoms with Crippen LogP contribution in [0.1, 0.15) is 85.6 Å². The van der Waals surface area contributed by atoms with E-state index in [9.17, 15) is 4.79 Å². The number of amides is 1. The molecule has 1 amide bonds. The molecular weight excluding hydrogens is 455 g/mol. The molecule has 0 unspecified atom stereocenters. The van der Waals surface area contributed by atoms with Crippen molar-refractivity contribution >= 4 is 28.2 Å². The molecule has 4 nitrogen and oxygen atoms in total. The monoisotopic (exact) mass is 498 g/mol. The van der Waals surface area contributed by atoms with E-state index < -0.39 is 24.0 Å². The Kier molecular flexibility index (Phi) is 11.5. The first-order valence-corrected chi connectivity index (χ1v) is 18.7. The van der Waals surface area contributed by atoms with E-state index in [2.05, 4.69) is 38.2 Å². The molecule has 160 valence electrons. The summed E-state index contributed by atoms with van der Waals surface area (Å²) in [5, 5.41) is 2.83. The van der Waals surface area contributed by atoms with Crippen molar-refractivity contribution in [1.82, 2.24) is 10.3 Å². The van der Waals surface area contributed by atoms with Gasteiger partial charge in [0, 0.05) is 0 Å². The van der Waals surface area contributed by atoms with Crippen molar-refractivity contribution in [3.8, 4) is 0 Å². The minimum absolute atomic E-state index is 0.376. The second-order valence-corrected chi connectivity index (χ2v) is 22.0. The number of ether oxygens (including phenoxy) is 1. The maximum atomic E-state index is 11.9. The second-order valence-electron chi connectivity index (χ2n) is 9.00. The van der Waals surface area contributed by atoms with E-state index in [1.807, 2.05) is 27.0 Å². The summed E-state index contributed by atoms with van der Waals surface area (Å²) in [6.45, 7) is 13.0. The van der Waals surface area contributed by atoms with E-state index in [0.29, 0.717) is 6.54 Å². The maximum absolute atomic E-state index is 11.9. The van der Waals surface area contributed by atoms with Crippen molar-refractivity contribution < 1.29 is 9.53 Å². The number of carbonyl (C=O) groups excluding carboxylic acids is 1. The van der Waals surface area contributed by atoms with Crippen LogP contribution in [0.3, 0.4) is 0 Å². The van der Waals surface area contributed by atoms with Gasteiger partial charge in [-0.3, -0.25) is 0 Å². The fourth-order valence-corrected chi connectivity index (χ4v) is 19.0. The summed E-state index contributed by atoms with van der Waals surface area (Å²) in [6.07, 6.45) is 9.44. The zero-order valence-electron chi connectivity index (χ0n) is 19.1. The molecule has 0 saturated heterocycles. The SMILES string of the molecule is CCC[CH2][Sn]([CH2]CCC)([CH2]CCC)[c]1ccc(CNC(=O)OC(C)(C)C)cn1. The summed E-state index contributed by atoms with van der Waals surface area (Å²) in [5.74, 6) is 0. The molecule has 0 bridgehead atoms. The van der Waals surface area contributed by atoms with Crippen LogP contribution in [-0.2, 0) is 11.3 Å². The van der Waals surface area contributed by atoms with Crippen molar-refractivity contribution in [2.24, 2.45) is 0 Å². The number of aromatic nitrogens is 1. The Bertz CT molecular complexity index is 545. The number of nitrogens with one attached hydrogen (secondary N) is 1. The van der Waals surface area contributed by atoms with Crippen molar-refractivity contribution in [1.29, 1.82) is 0 Å². The minimum atomic E-state index is -2.45. The molecule has 0 aliphatic carbocycles. The van der Waals surface area contributed by atoms with Crippen molar-refractivity contribution in [2.45, 2.75) is 106 Å². The molecule has 0 fully saturated rings. The quantitative estimate of drug-likeness (QED) is 0.352. The van der Waals surface area contributed by atoms with Crippen molar-refractivity contribution in [2.75, 3.05) is 0 Å². The summed E-state index contributed by atoms with van der Waals surface area (Å²) in [6, 6.07) is 4.44. The molecule has 1 N–H and O–H groups in total. The van der Waals surface area contributed by atoms with Crippen LogP contribution < -0.4 is 9.03 Å². The first-order valence-electron chi connectivity index (χ1n) is 11.2. The van der Waals surface area contributed by atoms with Crippen LogP contribution in [0, 0.1) is 0 Å². The third-order valence-electron chi connectivity index (χ3n) is 5.23. The molecule has 1 aromatic rings. The van der Waals surface area contributed by atoms with Crippen LogP contribution >= 0.6 is 0 Å². The Morgan fingerprint density at radius 1 is 1.00 bits per heavy atom. The Morgan fingerprint density at radius 3 is 1.93 bits per heavy atom. The topological polar surface area (TPSA) is 51.2 Å². The number of pyridine rings is 1. The third-order valence-corrected chi connectivity index (χ3v) is 20.4. The molecule has 28 heavy (non-hydrogen) atoms. The van der Waals surface area contributed by atoms with Gasteiger partial charge in [0.2, 0.25) is 0 Å². The fourth-order valence-electron chi connectivity index (χ4n) is 3.64. The number of hydrogen-bond donors (Lipinski definition) is 1. The van der Waals surface area contributed by atoms with Crippen molar-refractivity contribution in [3.63, 3.8) is 0 Å². The van der Waals surface area contributed by atoms with E-state index in [0.717, 1.165) is 5.56 Å². The summed E-state index contributed by atoms with van der Waals surface area (Å²) in [4.78, 5) is 16.8. The third kappa shape index (κ3) is 9.14. The standard InChI is InChI=1S/C11H15N2O2.3C4H9.Sn/c1-11(2,3)15-10(14)13-8-9-5-4-6-12-7-9;3*1-3-4-2;/h4-5,7H,8H2,1-3H3,(H,13,14);3*1,3-4H2,2H3;. The van der Waals surface area contributed by atoms with E-state index in [4.69, 9.17) is 9.72 Å². The summed E-state index contributed by atoms with van der Waals surface area (Å²) in [7, 11) is 0. The van der Waals surface area contributed by atoms with Gasteiger partial charge >= 0.3 is 177 Å². The van der Waals surface area contributed by atoms with E-state index >= 15 is 0 Å². The second kappa shape index (κ2) is 12.7. The molecular formula is C23H42N2O2Sn. The predicted octanol–water partition coefficient (Wildman–Crippen LogP) is 6.16. The van der Waals surface area contributed by atoms with Crippen LogP contribution in [0.15, 0.2) is 18.3 Å². The Hall–Kier alpha value is -0.781. The molecule has 0 aromatic carbocycles. The molecule has 1 rings (SSSR count). The molecule has 1 heterocycles. The van der Waals surface area contributed by atoms with Gasteiger partial charge in [-0.25, -0.2) is 0 Å². The van der Waals surface area contributed by atoms with Crippen LogP contribution in [0.25, 0.3) is 0 Å². The van der Waals surface area contributed by atoms with Gasteiger partial charge in [-0.15, -0.1) is 0 Å². The number of nitrogens with zero attached hydrogens (tertiary/aromatic N) is 1. The predicted molar refractivity (Wildman–Crippen MR) is 122 cm³/mol. The molecule has 0 aliphatic heterocycles. The number of unbranched alkanes of at least 4 members (excludes halogenated alkanes) is 3. The van der Waals surface area contributed by atoms with Gasteiger partial charge in [0.05, 0.1) is 0 Å². The summed E-state index contributed by atoms with van der Waals surface area (Å²) < 4.78 is 11.0. The fraction of sp³-hybridized carbons (Fsp3) is 0.739. The van der Waals surface area contributed by atoms with Crippen molar-refractivity contribution in [3.05, 3.63) is 23.9 Å². The molecule has 1 aromatic heterocycles. The van der Waals surface area contributed by atoms with E-state index in [1.165, 1.54) is 55.5 Å². The Morgan fingerprint density at radius 2 is 1.54 bits per heavy atom. The van der Waals surface area contributed by atoms with E-state index in [1.54, 1.807) is 0 Å². The first kappa shape index (κ1) is 25.3. The van der Waals surface area contributed by atoms with Crippen LogP contribution in [0.2, 0.25) is 13.3 Å². The zero-order chi connectivity index (χ0) is 21.0.